The van der Waals surface area contributed by atoms with Gasteiger partial charge in [0.05, 0.1) is 19.4 Å². The Hall–Kier alpha value is -4.76. The lowest BCUT2D eigenvalue weighted by molar-refractivity contribution is -0.136. The summed E-state index contributed by atoms with van der Waals surface area (Å²) in [5.74, 6) is -0.634. The molecule has 0 bridgehead atoms. The molecular formula is C35H36ClN5O4. The number of rotatable bonds is 12. The Kier molecular flexibility index (Phi) is 10.4. The third-order valence-corrected chi connectivity index (χ3v) is 8.11. The summed E-state index contributed by atoms with van der Waals surface area (Å²) in [5.41, 5.74) is 4.94. The SMILES string of the molecule is CN(CC(=O)NC1CCCC1)c1nc(Cc2ccc(NC(=O)Cc3ccc(-c4ccccc4)cc3)cc2)nc(Cl)c1CC(=O)O. The Morgan fingerprint density at radius 1 is 0.844 bits per heavy atom. The van der Waals surface area contributed by atoms with Crippen LogP contribution in [0.25, 0.3) is 11.1 Å². The zero-order chi connectivity index (χ0) is 31.8. The summed E-state index contributed by atoms with van der Waals surface area (Å²) in [7, 11) is 1.69. The van der Waals surface area contributed by atoms with E-state index in [1.807, 2.05) is 66.7 Å². The van der Waals surface area contributed by atoms with Crippen LogP contribution < -0.4 is 15.5 Å². The molecule has 0 aliphatic heterocycles. The Bertz CT molecular complexity index is 1640. The molecule has 1 aliphatic carbocycles. The van der Waals surface area contributed by atoms with Crippen molar-refractivity contribution in [3.63, 3.8) is 0 Å². The first-order valence-electron chi connectivity index (χ1n) is 15.0. The van der Waals surface area contributed by atoms with E-state index in [9.17, 15) is 19.5 Å². The number of halogens is 1. The second-order valence-corrected chi connectivity index (χ2v) is 11.7. The van der Waals surface area contributed by atoms with E-state index in [2.05, 4.69) is 32.7 Å². The molecule has 3 N–H and O–H groups in total. The van der Waals surface area contributed by atoms with Crippen molar-refractivity contribution >= 4 is 40.9 Å². The number of carbonyl (C=O) groups excluding carboxylic acids is 2. The number of aromatic nitrogens is 2. The lowest BCUT2D eigenvalue weighted by atomic mass is 10.0. The molecule has 10 heteroatoms. The fourth-order valence-electron chi connectivity index (χ4n) is 5.54. The number of carbonyl (C=O) groups is 3. The summed E-state index contributed by atoms with van der Waals surface area (Å²) in [4.78, 5) is 47.6. The summed E-state index contributed by atoms with van der Waals surface area (Å²) in [6.45, 7) is 0.0153. The van der Waals surface area contributed by atoms with Crippen LogP contribution in [0.15, 0.2) is 78.9 Å². The number of nitrogens with one attached hydrogen (secondary N) is 2. The number of nitrogens with zero attached hydrogens (tertiary/aromatic N) is 3. The molecule has 9 nitrogen and oxygen atoms in total. The van der Waals surface area contributed by atoms with Crippen molar-refractivity contribution in [2.75, 3.05) is 23.8 Å². The van der Waals surface area contributed by atoms with Gasteiger partial charge in [-0.1, -0.05) is 91.2 Å². The number of carboxylic acid groups (broad SMARTS) is 1. The monoisotopic (exact) mass is 625 g/mol. The molecule has 4 aromatic rings. The number of carboxylic acids is 1. The van der Waals surface area contributed by atoms with Gasteiger partial charge < -0.3 is 20.6 Å². The molecule has 0 saturated heterocycles. The fourth-order valence-corrected chi connectivity index (χ4v) is 5.79. The Balaban J connectivity index is 1.21. The van der Waals surface area contributed by atoms with E-state index in [1.54, 1.807) is 11.9 Å². The highest BCUT2D eigenvalue weighted by molar-refractivity contribution is 6.30. The molecule has 0 unspecified atom stereocenters. The summed E-state index contributed by atoms with van der Waals surface area (Å²) < 4.78 is 0. The maximum atomic E-state index is 12.7. The third kappa shape index (κ3) is 8.89. The first kappa shape index (κ1) is 31.7. The van der Waals surface area contributed by atoms with Gasteiger partial charge in [-0.15, -0.1) is 0 Å². The Morgan fingerprint density at radius 3 is 2.16 bits per heavy atom. The molecule has 1 saturated carbocycles. The number of hydrogen-bond donors (Lipinski definition) is 3. The quantitative estimate of drug-likeness (QED) is 0.173. The third-order valence-electron chi connectivity index (χ3n) is 7.80. The van der Waals surface area contributed by atoms with Crippen molar-refractivity contribution in [1.29, 1.82) is 0 Å². The lowest BCUT2D eigenvalue weighted by Crippen LogP contribution is -2.40. The molecule has 1 aromatic heterocycles. The number of hydrogen-bond acceptors (Lipinski definition) is 6. The van der Waals surface area contributed by atoms with Crippen LogP contribution in [0.1, 0.15) is 48.2 Å². The molecule has 0 atom stereocenters. The van der Waals surface area contributed by atoms with E-state index in [1.165, 1.54) is 0 Å². The van der Waals surface area contributed by atoms with E-state index in [0.29, 0.717) is 23.8 Å². The van der Waals surface area contributed by atoms with Crippen LogP contribution in [-0.2, 0) is 33.6 Å². The first-order valence-corrected chi connectivity index (χ1v) is 15.4. The van der Waals surface area contributed by atoms with Crippen LogP contribution in [0.3, 0.4) is 0 Å². The van der Waals surface area contributed by atoms with Gasteiger partial charge in [0, 0.05) is 30.8 Å². The van der Waals surface area contributed by atoms with Crippen LogP contribution in [-0.4, -0.2) is 52.5 Å². The van der Waals surface area contributed by atoms with Gasteiger partial charge in [-0.3, -0.25) is 14.4 Å². The second kappa shape index (κ2) is 14.8. The zero-order valence-electron chi connectivity index (χ0n) is 25.1. The molecule has 1 heterocycles. The van der Waals surface area contributed by atoms with Gasteiger partial charge >= 0.3 is 5.97 Å². The van der Waals surface area contributed by atoms with E-state index in [4.69, 9.17) is 11.6 Å². The van der Waals surface area contributed by atoms with Gasteiger partial charge in [0.15, 0.2) is 0 Å². The van der Waals surface area contributed by atoms with Crippen molar-refractivity contribution in [3.05, 3.63) is 107 Å². The highest BCUT2D eigenvalue weighted by atomic mass is 35.5. The highest BCUT2D eigenvalue weighted by Crippen LogP contribution is 2.26. The first-order chi connectivity index (χ1) is 21.7. The van der Waals surface area contributed by atoms with Crippen LogP contribution in [0.5, 0.6) is 0 Å². The van der Waals surface area contributed by atoms with Crippen molar-refractivity contribution in [1.82, 2.24) is 15.3 Å². The lowest BCUT2D eigenvalue weighted by Gasteiger charge is -2.22. The largest absolute Gasteiger partial charge is 0.481 e. The van der Waals surface area contributed by atoms with E-state index < -0.39 is 5.97 Å². The predicted octanol–water partition coefficient (Wildman–Crippen LogP) is 5.69. The molecule has 45 heavy (non-hydrogen) atoms. The summed E-state index contributed by atoms with van der Waals surface area (Å²) >= 11 is 6.46. The standard InChI is InChI=1S/C35H36ClN5O4/c1-41(22-32(43)38-27-9-5-6-10-27)35-29(21-33(44)45)34(36)39-30(40-35)19-23-13-17-28(18-14-23)37-31(42)20-24-11-15-26(16-12-24)25-7-3-2-4-8-25/h2-4,7-8,11-18,27H,5-6,9-10,19-22H2,1H3,(H,37,42)(H,38,43)(H,44,45). The average Bonchev–Trinajstić information content (AvgIpc) is 3.53. The van der Waals surface area contributed by atoms with Crippen LogP contribution >= 0.6 is 11.6 Å². The van der Waals surface area contributed by atoms with Gasteiger partial charge in [-0.05, 0) is 47.2 Å². The molecule has 232 valence electrons. The molecule has 2 amide bonds. The van der Waals surface area contributed by atoms with E-state index in [0.717, 1.165) is 47.9 Å². The topological polar surface area (TPSA) is 125 Å². The van der Waals surface area contributed by atoms with Crippen LogP contribution in [0.2, 0.25) is 5.15 Å². The molecule has 1 aliphatic rings. The summed E-state index contributed by atoms with van der Waals surface area (Å²) in [6.07, 6.45) is 4.35. The average molecular weight is 626 g/mol. The minimum atomic E-state index is -1.07. The summed E-state index contributed by atoms with van der Waals surface area (Å²) in [5, 5.41) is 15.5. The summed E-state index contributed by atoms with van der Waals surface area (Å²) in [6, 6.07) is 25.6. The predicted molar refractivity (Wildman–Crippen MR) is 176 cm³/mol. The molecular weight excluding hydrogens is 590 g/mol. The zero-order valence-corrected chi connectivity index (χ0v) is 25.9. The van der Waals surface area contributed by atoms with Gasteiger partial charge in [0.25, 0.3) is 0 Å². The molecule has 5 rings (SSSR count). The smallest absolute Gasteiger partial charge is 0.308 e. The molecule has 1 fully saturated rings. The highest BCUT2D eigenvalue weighted by Gasteiger charge is 2.22. The van der Waals surface area contributed by atoms with Crippen LogP contribution in [0.4, 0.5) is 11.5 Å². The van der Waals surface area contributed by atoms with Gasteiger partial charge in [0.2, 0.25) is 11.8 Å². The number of benzene rings is 3. The molecule has 0 radical (unpaired) electrons. The fraction of sp³-hybridized carbons (Fsp3) is 0.286. The van der Waals surface area contributed by atoms with Crippen molar-refractivity contribution < 1.29 is 19.5 Å². The van der Waals surface area contributed by atoms with Crippen molar-refractivity contribution in [2.24, 2.45) is 0 Å². The van der Waals surface area contributed by atoms with Gasteiger partial charge in [-0.2, -0.15) is 0 Å². The second-order valence-electron chi connectivity index (χ2n) is 11.4. The number of amides is 2. The maximum Gasteiger partial charge on any atom is 0.308 e. The van der Waals surface area contributed by atoms with Gasteiger partial charge in [-0.25, -0.2) is 9.97 Å². The van der Waals surface area contributed by atoms with Crippen molar-refractivity contribution in [2.45, 2.75) is 51.0 Å². The maximum absolute atomic E-state index is 12.7. The number of likely N-dealkylation sites (N-methyl/N-ethyl adjacent to an activating group) is 1. The minimum absolute atomic E-state index is 0.0153. The van der Waals surface area contributed by atoms with Crippen molar-refractivity contribution in [3.8, 4) is 11.1 Å². The Labute approximate surface area is 267 Å². The Morgan fingerprint density at radius 2 is 1.49 bits per heavy atom. The van der Waals surface area contributed by atoms with E-state index >= 15 is 0 Å². The van der Waals surface area contributed by atoms with Gasteiger partial charge in [0.1, 0.15) is 16.8 Å². The van der Waals surface area contributed by atoms with E-state index in [-0.39, 0.29) is 48.0 Å². The molecule has 3 aromatic carbocycles. The molecule has 0 spiro atoms. The number of aliphatic carboxylic acids is 1. The normalized spacial score (nSPS) is 12.9. The number of anilines is 2. The minimum Gasteiger partial charge on any atom is -0.481 e. The van der Waals surface area contributed by atoms with Crippen LogP contribution in [0, 0.1) is 0 Å².